The minimum absolute atomic E-state index is 0. The summed E-state index contributed by atoms with van der Waals surface area (Å²) in [6.07, 6.45) is 7.57. The van der Waals surface area contributed by atoms with Crippen molar-refractivity contribution in [3.63, 3.8) is 0 Å². The van der Waals surface area contributed by atoms with Crippen LogP contribution in [0.15, 0.2) is 40.3 Å². The van der Waals surface area contributed by atoms with Gasteiger partial charge in [-0.05, 0) is 0 Å². The molecule has 0 spiro atoms. The predicted molar refractivity (Wildman–Crippen MR) is 72.9 cm³/mol. The van der Waals surface area contributed by atoms with Crippen molar-refractivity contribution in [3.05, 3.63) is 51.4 Å². The molecule has 1 aliphatic carbocycles. The molecule has 0 N–H and O–H groups in total. The summed E-state index contributed by atoms with van der Waals surface area (Å²) in [6, 6.07) is 6.39. The molecule has 0 aromatic heterocycles. The Bertz CT molecular complexity index is 407. The summed E-state index contributed by atoms with van der Waals surface area (Å²) in [6.45, 7) is 4.21. The van der Waals surface area contributed by atoms with E-state index in [1.54, 1.807) is 0 Å². The molecule has 2 rings (SSSR count). The fourth-order valence-corrected chi connectivity index (χ4v) is 2.78. The van der Waals surface area contributed by atoms with Gasteiger partial charge in [-0.1, -0.05) is 0 Å². The summed E-state index contributed by atoms with van der Waals surface area (Å²) in [7, 11) is 0. The van der Waals surface area contributed by atoms with Crippen LogP contribution in [0.25, 0.3) is 0 Å². The van der Waals surface area contributed by atoms with E-state index >= 15 is 0 Å². The van der Waals surface area contributed by atoms with Gasteiger partial charge in [0.05, 0.1) is 0 Å². The Kier molecular flexibility index (Phi) is 7.90. The molecule has 0 bridgehead atoms. The van der Waals surface area contributed by atoms with E-state index in [0.29, 0.717) is 0 Å². The first-order valence-corrected chi connectivity index (χ1v) is 6.53. The van der Waals surface area contributed by atoms with Gasteiger partial charge in [0.15, 0.2) is 0 Å². The van der Waals surface area contributed by atoms with Crippen molar-refractivity contribution in [2.45, 2.75) is 20.3 Å². The van der Waals surface area contributed by atoms with Gasteiger partial charge < -0.3 is 0 Å². The molecule has 1 aromatic rings. The number of allylic oxidation sites excluding steroid dienone is 4. The molecule has 0 aliphatic heterocycles. The quantitative estimate of drug-likeness (QED) is 0.754. The van der Waals surface area contributed by atoms with E-state index in [1.807, 2.05) is 0 Å². The van der Waals surface area contributed by atoms with Crippen LogP contribution in [0, 0.1) is 13.8 Å². The third kappa shape index (κ3) is 5.31. The molecule has 1 nitrogen and oxygen atoms in total. The molecular formula is C13H16Cl2OTi. The zero-order chi connectivity index (χ0) is 10.7. The Morgan fingerprint density at radius 1 is 1.06 bits per heavy atom. The van der Waals surface area contributed by atoms with E-state index < -0.39 is 19.5 Å². The van der Waals surface area contributed by atoms with Crippen LogP contribution in [-0.2, 0) is 19.5 Å². The fraction of sp³-hybridized carbons (Fsp3) is 0.231. The van der Waals surface area contributed by atoms with E-state index in [1.165, 1.54) is 15.0 Å². The van der Waals surface area contributed by atoms with Crippen LogP contribution >= 0.6 is 24.8 Å². The number of hydrogen-bond acceptors (Lipinski definition) is 1. The maximum Gasteiger partial charge on any atom is -0.147 e. The third-order valence-electron chi connectivity index (χ3n) is 2.27. The van der Waals surface area contributed by atoms with Crippen molar-refractivity contribution in [1.82, 2.24) is 0 Å². The van der Waals surface area contributed by atoms with Crippen molar-refractivity contribution in [2.24, 2.45) is 0 Å². The summed E-state index contributed by atoms with van der Waals surface area (Å²) < 4.78 is 7.34. The van der Waals surface area contributed by atoms with Crippen molar-refractivity contribution in [2.75, 3.05) is 0 Å². The van der Waals surface area contributed by atoms with Gasteiger partial charge in [-0.15, -0.1) is 24.8 Å². The van der Waals surface area contributed by atoms with Crippen molar-refractivity contribution < 1.29 is 22.9 Å². The van der Waals surface area contributed by atoms with E-state index in [2.05, 4.69) is 50.3 Å². The maximum atomic E-state index is 5.87. The largest absolute Gasteiger partial charge is 0.147 e. The molecule has 0 unspecified atom stereocenters. The van der Waals surface area contributed by atoms with Crippen molar-refractivity contribution in [1.29, 1.82) is 0 Å². The number of rotatable bonds is 3. The fourth-order valence-electron chi connectivity index (χ4n) is 1.64. The van der Waals surface area contributed by atoms with Gasteiger partial charge in [0.1, 0.15) is 0 Å². The first-order valence-electron chi connectivity index (χ1n) is 5.11. The van der Waals surface area contributed by atoms with Crippen LogP contribution in [0.4, 0.5) is 0 Å². The van der Waals surface area contributed by atoms with Crippen LogP contribution in [-0.4, -0.2) is 0 Å². The average molecular weight is 307 g/mol. The molecule has 92 valence electrons. The van der Waals surface area contributed by atoms with Crippen LogP contribution in [0.2, 0.25) is 0 Å². The van der Waals surface area contributed by atoms with E-state index in [0.717, 1.165) is 12.2 Å². The first-order chi connectivity index (χ1) is 7.24. The van der Waals surface area contributed by atoms with E-state index in [-0.39, 0.29) is 24.8 Å². The summed E-state index contributed by atoms with van der Waals surface area (Å²) in [5.74, 6) is 1.03. The van der Waals surface area contributed by atoms with Gasteiger partial charge in [-0.25, -0.2) is 0 Å². The summed E-state index contributed by atoms with van der Waals surface area (Å²) in [5.41, 5.74) is 2.55. The number of halogens is 2. The van der Waals surface area contributed by atoms with Gasteiger partial charge >= 0.3 is 100 Å². The zero-order valence-corrected chi connectivity index (χ0v) is 13.1. The van der Waals surface area contributed by atoms with Gasteiger partial charge in [-0.2, -0.15) is 0 Å². The van der Waals surface area contributed by atoms with E-state index in [9.17, 15) is 0 Å². The average Bonchev–Trinajstić information content (AvgIpc) is 2.65. The Morgan fingerprint density at radius 3 is 2.24 bits per heavy atom. The second-order valence-electron chi connectivity index (χ2n) is 3.85. The van der Waals surface area contributed by atoms with Crippen LogP contribution < -0.4 is 3.32 Å². The Balaban J connectivity index is 0.00000128. The monoisotopic (exact) mass is 306 g/mol. The molecule has 1 aromatic carbocycles. The molecule has 0 heterocycles. The molecule has 1 aliphatic rings. The second kappa shape index (κ2) is 7.99. The number of hydrogen-bond donors (Lipinski definition) is 0. The standard InChI is InChI=1S/C8H10O.C5H5.2ClH.Ti/c1-6-3-7(2)5-8(9)4-6;1-2-4-5-3-1;;;/h3-5,9H,1-2H3;1-3H,4H2;2*1H;/q;;;;+1/p-1. The van der Waals surface area contributed by atoms with Crippen LogP contribution in [0.1, 0.15) is 17.5 Å². The number of benzene rings is 1. The predicted octanol–water partition coefficient (Wildman–Crippen LogP) is 4.37. The van der Waals surface area contributed by atoms with Gasteiger partial charge in [-0.3, -0.25) is 0 Å². The SMILES string of the molecule is Cc1cc(C)cc([O][Ti][C]2=CC=CC2)c1.Cl.Cl. The minimum atomic E-state index is -0.419. The van der Waals surface area contributed by atoms with Crippen molar-refractivity contribution in [3.8, 4) is 5.75 Å². The van der Waals surface area contributed by atoms with Gasteiger partial charge in [0.25, 0.3) is 0 Å². The smallest absolute Gasteiger partial charge is 0.147 e. The zero-order valence-electron chi connectivity index (χ0n) is 9.90. The maximum absolute atomic E-state index is 5.87. The molecule has 0 saturated carbocycles. The molecule has 0 amide bonds. The van der Waals surface area contributed by atoms with Gasteiger partial charge in [0, 0.05) is 0 Å². The second-order valence-corrected chi connectivity index (χ2v) is 5.49. The first kappa shape index (κ1) is 16.8. The summed E-state index contributed by atoms with van der Waals surface area (Å²) in [5, 5.41) is 0. The van der Waals surface area contributed by atoms with Crippen LogP contribution in [0.3, 0.4) is 0 Å². The molecule has 0 atom stereocenters. The Hall–Kier alpha value is -0.206. The molecule has 0 saturated heterocycles. The molecular weight excluding hydrogens is 291 g/mol. The van der Waals surface area contributed by atoms with Crippen molar-refractivity contribution >= 4 is 24.8 Å². The number of aryl methyl sites for hydroxylation is 2. The van der Waals surface area contributed by atoms with E-state index in [4.69, 9.17) is 3.32 Å². The summed E-state index contributed by atoms with van der Waals surface area (Å²) in [4.78, 5) is 0. The minimum Gasteiger partial charge on any atom is -0.147 e. The topological polar surface area (TPSA) is 9.23 Å². The Labute approximate surface area is 125 Å². The molecule has 0 fully saturated rings. The summed E-state index contributed by atoms with van der Waals surface area (Å²) >= 11 is -0.419. The normalized spacial score (nSPS) is 12.2. The van der Waals surface area contributed by atoms with Crippen LogP contribution in [0.5, 0.6) is 5.75 Å². The molecule has 4 heteroatoms. The molecule has 0 radical (unpaired) electrons. The third-order valence-corrected chi connectivity index (χ3v) is 3.78. The van der Waals surface area contributed by atoms with Gasteiger partial charge in [0.2, 0.25) is 0 Å². The Morgan fingerprint density at radius 2 is 1.71 bits per heavy atom. The molecule has 17 heavy (non-hydrogen) atoms.